The lowest BCUT2D eigenvalue weighted by molar-refractivity contribution is -0.157. The van der Waals surface area contributed by atoms with Gasteiger partial charge in [0.05, 0.1) is 37.9 Å². The molecule has 0 saturated heterocycles. The third kappa shape index (κ3) is 6.00. The molecule has 2 N–H and O–H groups in total. The molecular weight excluding hydrogens is 344 g/mol. The Kier molecular flexibility index (Phi) is 9.09. The van der Waals surface area contributed by atoms with Gasteiger partial charge >= 0.3 is 23.9 Å². The van der Waals surface area contributed by atoms with Gasteiger partial charge in [-0.25, -0.2) is 0 Å². The highest BCUT2D eigenvalue weighted by atomic mass is 16.5. The number of carbonyl (C=O) groups excluding carboxylic acids is 2. The number of carbonyl (C=O) groups is 4. The zero-order valence-electron chi connectivity index (χ0n) is 15.3. The number of aliphatic carboxylic acids is 2. The van der Waals surface area contributed by atoms with E-state index in [0.717, 1.165) is 25.7 Å². The van der Waals surface area contributed by atoms with Crippen molar-refractivity contribution in [1.82, 2.24) is 0 Å². The Morgan fingerprint density at radius 1 is 0.615 bits per heavy atom. The van der Waals surface area contributed by atoms with E-state index in [0.29, 0.717) is 25.7 Å². The summed E-state index contributed by atoms with van der Waals surface area (Å²) in [5.41, 5.74) is 0. The van der Waals surface area contributed by atoms with E-state index in [1.165, 1.54) is 14.2 Å². The average Bonchev–Trinajstić information content (AvgIpc) is 2.67. The van der Waals surface area contributed by atoms with Crippen LogP contribution >= 0.6 is 0 Å². The predicted molar refractivity (Wildman–Crippen MR) is 90.2 cm³/mol. The molecule has 2 saturated carbocycles. The Morgan fingerprint density at radius 3 is 1.12 bits per heavy atom. The van der Waals surface area contributed by atoms with Crippen LogP contribution in [0.2, 0.25) is 0 Å². The summed E-state index contributed by atoms with van der Waals surface area (Å²) < 4.78 is 9.14. The standard InChI is InChI=1S/2C9H14O4/c2*1-13-9(12)7-5-3-2-4-6(7)8(10)11/h2*6-7H,2-5H2,1H3,(H,10,11)/t2*6-,7-/m10/s1. The Balaban J connectivity index is 0.000000260. The van der Waals surface area contributed by atoms with Crippen molar-refractivity contribution in [3.8, 4) is 0 Å². The molecule has 2 aliphatic rings. The second kappa shape index (κ2) is 10.8. The van der Waals surface area contributed by atoms with E-state index in [4.69, 9.17) is 10.2 Å². The van der Waals surface area contributed by atoms with Crippen molar-refractivity contribution in [3.63, 3.8) is 0 Å². The molecule has 0 unspecified atom stereocenters. The van der Waals surface area contributed by atoms with Gasteiger partial charge < -0.3 is 19.7 Å². The summed E-state index contributed by atoms with van der Waals surface area (Å²) in [5.74, 6) is -4.47. The Hall–Kier alpha value is -2.12. The van der Waals surface area contributed by atoms with Crippen molar-refractivity contribution < 1.29 is 38.9 Å². The van der Waals surface area contributed by atoms with Gasteiger partial charge in [-0.15, -0.1) is 0 Å². The van der Waals surface area contributed by atoms with Crippen LogP contribution in [0.1, 0.15) is 51.4 Å². The van der Waals surface area contributed by atoms with Crippen molar-refractivity contribution in [2.45, 2.75) is 51.4 Å². The van der Waals surface area contributed by atoms with Gasteiger partial charge in [-0.05, 0) is 25.7 Å². The molecule has 148 valence electrons. The fourth-order valence-electron chi connectivity index (χ4n) is 3.72. The van der Waals surface area contributed by atoms with Crippen LogP contribution in [0.25, 0.3) is 0 Å². The van der Waals surface area contributed by atoms with Crippen LogP contribution in [0, 0.1) is 23.7 Å². The molecule has 2 aliphatic carbocycles. The van der Waals surface area contributed by atoms with Gasteiger partial charge in [-0.2, -0.15) is 0 Å². The zero-order chi connectivity index (χ0) is 19.7. The smallest absolute Gasteiger partial charge is 0.309 e. The van der Waals surface area contributed by atoms with Gasteiger partial charge in [0, 0.05) is 0 Å². The van der Waals surface area contributed by atoms with Gasteiger partial charge in [0.25, 0.3) is 0 Å². The molecule has 0 aliphatic heterocycles. The molecule has 4 atom stereocenters. The van der Waals surface area contributed by atoms with Crippen LogP contribution in [0.4, 0.5) is 0 Å². The number of methoxy groups -OCH3 is 2. The van der Waals surface area contributed by atoms with Crippen LogP contribution in [-0.2, 0) is 28.7 Å². The highest BCUT2D eigenvalue weighted by Crippen LogP contribution is 2.31. The number of ether oxygens (including phenoxy) is 2. The number of hydrogen-bond acceptors (Lipinski definition) is 6. The number of carboxylic acid groups (broad SMARTS) is 2. The second-order valence-corrected chi connectivity index (χ2v) is 6.72. The largest absolute Gasteiger partial charge is 0.481 e. The first-order valence-electron chi connectivity index (χ1n) is 8.94. The molecule has 8 heteroatoms. The van der Waals surface area contributed by atoms with Gasteiger partial charge in [0.1, 0.15) is 0 Å². The van der Waals surface area contributed by atoms with Crippen LogP contribution < -0.4 is 0 Å². The third-order valence-corrected chi connectivity index (χ3v) is 5.17. The maximum absolute atomic E-state index is 11.2. The highest BCUT2D eigenvalue weighted by Gasteiger charge is 2.37. The van der Waals surface area contributed by atoms with E-state index in [1.54, 1.807) is 0 Å². The van der Waals surface area contributed by atoms with Crippen LogP contribution in [0.3, 0.4) is 0 Å². The fraction of sp³-hybridized carbons (Fsp3) is 0.778. The summed E-state index contributed by atoms with van der Waals surface area (Å²) in [5, 5.41) is 17.7. The SMILES string of the molecule is COC(=O)[C@@H]1CCCC[C@H]1C(=O)O.COC(=O)[C@H]1CCCC[C@@H]1C(=O)O. The summed E-state index contributed by atoms with van der Waals surface area (Å²) in [6.07, 6.45) is 6.10. The van der Waals surface area contributed by atoms with Crippen LogP contribution in [-0.4, -0.2) is 48.3 Å². The minimum absolute atomic E-state index is 0.382. The highest BCUT2D eigenvalue weighted by molar-refractivity contribution is 5.81. The fourth-order valence-corrected chi connectivity index (χ4v) is 3.72. The van der Waals surface area contributed by atoms with E-state index >= 15 is 0 Å². The average molecular weight is 372 g/mol. The molecule has 2 fully saturated rings. The van der Waals surface area contributed by atoms with Gasteiger partial charge in [-0.1, -0.05) is 25.7 Å². The van der Waals surface area contributed by atoms with Crippen molar-refractivity contribution in [2.24, 2.45) is 23.7 Å². The molecule has 0 radical (unpaired) electrons. The lowest BCUT2D eigenvalue weighted by Crippen LogP contribution is -2.33. The lowest BCUT2D eigenvalue weighted by atomic mass is 9.79. The molecule has 8 nitrogen and oxygen atoms in total. The summed E-state index contributed by atoms with van der Waals surface area (Å²) in [7, 11) is 2.60. The topological polar surface area (TPSA) is 127 Å². The monoisotopic (exact) mass is 372 g/mol. The van der Waals surface area contributed by atoms with Gasteiger partial charge in [0.15, 0.2) is 0 Å². The third-order valence-electron chi connectivity index (χ3n) is 5.17. The normalized spacial score (nSPS) is 28.1. The Bertz CT molecular complexity index is 469. The van der Waals surface area contributed by atoms with Crippen molar-refractivity contribution in [1.29, 1.82) is 0 Å². The van der Waals surface area contributed by atoms with E-state index in [-0.39, 0.29) is 11.9 Å². The Morgan fingerprint density at radius 2 is 0.885 bits per heavy atom. The molecule has 0 bridgehead atoms. The van der Waals surface area contributed by atoms with E-state index in [2.05, 4.69) is 9.47 Å². The van der Waals surface area contributed by atoms with Crippen LogP contribution in [0.15, 0.2) is 0 Å². The molecular formula is C18H28O8. The lowest BCUT2D eigenvalue weighted by Gasteiger charge is -2.25. The number of esters is 2. The minimum atomic E-state index is -0.880. The first kappa shape index (κ1) is 21.9. The molecule has 0 heterocycles. The maximum atomic E-state index is 11.2. The predicted octanol–water partition coefficient (Wildman–Crippen LogP) is 2.10. The number of carboxylic acids is 2. The molecule has 0 amide bonds. The molecule has 0 aromatic carbocycles. The van der Waals surface area contributed by atoms with Gasteiger partial charge in [0.2, 0.25) is 0 Å². The van der Waals surface area contributed by atoms with E-state index < -0.39 is 35.6 Å². The Labute approximate surface area is 152 Å². The molecule has 0 aromatic heterocycles. The van der Waals surface area contributed by atoms with Gasteiger partial charge in [-0.3, -0.25) is 19.2 Å². The van der Waals surface area contributed by atoms with E-state index in [1.807, 2.05) is 0 Å². The molecule has 0 aromatic rings. The first-order valence-corrected chi connectivity index (χ1v) is 8.94. The molecule has 0 spiro atoms. The number of hydrogen-bond donors (Lipinski definition) is 2. The molecule has 2 rings (SSSR count). The summed E-state index contributed by atoms with van der Waals surface area (Å²) in [6.45, 7) is 0. The summed E-state index contributed by atoms with van der Waals surface area (Å²) >= 11 is 0. The summed E-state index contributed by atoms with van der Waals surface area (Å²) in [4.78, 5) is 43.9. The molecule has 26 heavy (non-hydrogen) atoms. The minimum Gasteiger partial charge on any atom is -0.481 e. The zero-order valence-corrected chi connectivity index (χ0v) is 15.3. The van der Waals surface area contributed by atoms with Crippen LogP contribution in [0.5, 0.6) is 0 Å². The van der Waals surface area contributed by atoms with Crippen molar-refractivity contribution >= 4 is 23.9 Å². The summed E-state index contributed by atoms with van der Waals surface area (Å²) in [6, 6.07) is 0. The maximum Gasteiger partial charge on any atom is 0.309 e. The quantitative estimate of drug-likeness (QED) is 0.718. The second-order valence-electron chi connectivity index (χ2n) is 6.72. The van der Waals surface area contributed by atoms with Crippen molar-refractivity contribution in [3.05, 3.63) is 0 Å². The van der Waals surface area contributed by atoms with E-state index in [9.17, 15) is 19.2 Å². The van der Waals surface area contributed by atoms with Crippen molar-refractivity contribution in [2.75, 3.05) is 14.2 Å². The first-order chi connectivity index (χ1) is 12.3. The number of rotatable bonds is 4.